The highest BCUT2D eigenvalue weighted by Crippen LogP contribution is 2.41. The molecule has 0 spiro atoms. The number of aryl methyl sites for hydroxylation is 1. The molecule has 1 heterocycles. The lowest BCUT2D eigenvalue weighted by molar-refractivity contribution is 0.182. The van der Waals surface area contributed by atoms with Crippen molar-refractivity contribution in [3.8, 4) is 0 Å². The molecule has 1 atom stereocenters. The van der Waals surface area contributed by atoms with E-state index in [9.17, 15) is 8.42 Å². The lowest BCUT2D eigenvalue weighted by Crippen LogP contribution is -2.35. The molecule has 0 bridgehead atoms. The first-order valence-electron chi connectivity index (χ1n) is 11.1. The number of hydrogen-bond acceptors (Lipinski definition) is 3. The van der Waals surface area contributed by atoms with E-state index in [-0.39, 0.29) is 0 Å². The summed E-state index contributed by atoms with van der Waals surface area (Å²) in [6.45, 7) is 2.56. The van der Waals surface area contributed by atoms with Gasteiger partial charge in [0.25, 0.3) is 0 Å². The van der Waals surface area contributed by atoms with E-state index in [2.05, 4.69) is 27.8 Å². The van der Waals surface area contributed by atoms with Crippen LogP contribution >= 0.6 is 11.6 Å². The van der Waals surface area contributed by atoms with E-state index in [1.165, 1.54) is 24.0 Å². The predicted octanol–water partition coefficient (Wildman–Crippen LogP) is 5.10. The number of nitrogens with zero attached hydrogens (tertiary/aromatic N) is 1. The fraction of sp³-hybridized carbons (Fsp3) is 0.360. The molecule has 0 saturated heterocycles. The normalized spacial score (nSPS) is 18.4. The summed E-state index contributed by atoms with van der Waals surface area (Å²) in [5.41, 5.74) is 4.62. The molecule has 4 nitrogen and oxygen atoms in total. The maximum atomic E-state index is 12.9. The van der Waals surface area contributed by atoms with E-state index in [0.717, 1.165) is 37.7 Å². The van der Waals surface area contributed by atoms with Crippen LogP contribution in [0.2, 0.25) is 5.02 Å². The van der Waals surface area contributed by atoms with E-state index in [1.807, 2.05) is 18.2 Å². The van der Waals surface area contributed by atoms with Gasteiger partial charge in [-0.1, -0.05) is 54.1 Å². The van der Waals surface area contributed by atoms with Gasteiger partial charge in [-0.3, -0.25) is 4.90 Å². The van der Waals surface area contributed by atoms with Crippen molar-refractivity contribution in [3.63, 3.8) is 0 Å². The average molecular weight is 455 g/mol. The Labute approximate surface area is 189 Å². The van der Waals surface area contributed by atoms with Gasteiger partial charge in [0, 0.05) is 34.9 Å². The minimum atomic E-state index is -3.58. The van der Waals surface area contributed by atoms with E-state index < -0.39 is 10.0 Å². The van der Waals surface area contributed by atoms with Gasteiger partial charge < -0.3 is 0 Å². The average Bonchev–Trinajstić information content (AvgIpc) is 3.21. The summed E-state index contributed by atoms with van der Waals surface area (Å²) >= 11 is 6.24. The first-order chi connectivity index (χ1) is 15.0. The summed E-state index contributed by atoms with van der Waals surface area (Å²) < 4.78 is 28.6. The van der Waals surface area contributed by atoms with Crippen molar-refractivity contribution in [2.24, 2.45) is 0 Å². The van der Waals surface area contributed by atoms with Gasteiger partial charge in [-0.05, 0) is 67.5 Å². The second-order valence-electron chi connectivity index (χ2n) is 8.53. The highest BCUT2D eigenvalue weighted by Gasteiger charge is 2.32. The second-order valence-corrected chi connectivity index (χ2v) is 10.7. The monoisotopic (exact) mass is 454 g/mol. The van der Waals surface area contributed by atoms with E-state index in [0.29, 0.717) is 27.9 Å². The first-order valence-corrected chi connectivity index (χ1v) is 12.9. The number of fused-ring (bicyclic) bond motifs is 1. The number of rotatable bonds is 7. The number of benzene rings is 3. The third-order valence-electron chi connectivity index (χ3n) is 6.70. The third kappa shape index (κ3) is 4.00. The van der Waals surface area contributed by atoms with Crippen LogP contribution in [0.15, 0.2) is 59.5 Å². The molecule has 0 saturated carbocycles. The molecule has 3 aromatic carbocycles. The molecule has 2 aliphatic rings. The first kappa shape index (κ1) is 21.0. The highest BCUT2D eigenvalue weighted by atomic mass is 35.5. The Morgan fingerprint density at radius 3 is 2.55 bits per heavy atom. The fourth-order valence-electron chi connectivity index (χ4n) is 5.21. The minimum absolute atomic E-state index is 0.290. The van der Waals surface area contributed by atoms with Crippen LogP contribution in [0.25, 0.3) is 10.8 Å². The van der Waals surface area contributed by atoms with Gasteiger partial charge in [0.2, 0.25) is 10.0 Å². The van der Waals surface area contributed by atoms with Gasteiger partial charge >= 0.3 is 0 Å². The predicted molar refractivity (Wildman–Crippen MR) is 126 cm³/mol. The maximum Gasteiger partial charge on any atom is 0.241 e. The quantitative estimate of drug-likeness (QED) is 0.505. The summed E-state index contributed by atoms with van der Waals surface area (Å²) in [6.07, 6.45) is 5.32. The molecule has 0 amide bonds. The Bertz CT molecular complexity index is 1230. The number of hydrogen-bond donors (Lipinski definition) is 1. The molecule has 1 aliphatic heterocycles. The van der Waals surface area contributed by atoms with Crippen molar-refractivity contribution in [1.82, 2.24) is 9.62 Å². The molecule has 162 valence electrons. The largest absolute Gasteiger partial charge is 0.296 e. The zero-order valence-corrected chi connectivity index (χ0v) is 19.1. The summed E-state index contributed by atoms with van der Waals surface area (Å²) in [5, 5.41) is 1.98. The summed E-state index contributed by atoms with van der Waals surface area (Å²) in [6, 6.07) is 17.9. The van der Waals surface area contributed by atoms with Crippen LogP contribution in [0.5, 0.6) is 0 Å². The van der Waals surface area contributed by atoms with Crippen LogP contribution in [-0.4, -0.2) is 33.0 Å². The lowest BCUT2D eigenvalue weighted by atomic mass is 9.93. The van der Waals surface area contributed by atoms with E-state index in [1.54, 1.807) is 23.8 Å². The second kappa shape index (κ2) is 8.55. The molecule has 0 fully saturated rings. The Morgan fingerprint density at radius 1 is 0.935 bits per heavy atom. The number of unbranched alkanes of at least 4 members (excludes halogenated alkanes) is 1. The molecule has 0 radical (unpaired) electrons. The number of halogens is 1. The van der Waals surface area contributed by atoms with Gasteiger partial charge in [-0.25, -0.2) is 13.1 Å². The molecule has 31 heavy (non-hydrogen) atoms. The van der Waals surface area contributed by atoms with Crippen LogP contribution < -0.4 is 4.72 Å². The van der Waals surface area contributed by atoms with Gasteiger partial charge in [-0.15, -0.1) is 0 Å². The molecule has 1 aliphatic carbocycles. The topological polar surface area (TPSA) is 49.4 Å². The zero-order valence-electron chi connectivity index (χ0n) is 17.5. The molecule has 3 aromatic rings. The van der Waals surface area contributed by atoms with Crippen LogP contribution in [0.3, 0.4) is 0 Å². The molecular formula is C25H27ClN2O2S. The Balaban J connectivity index is 1.18. The smallest absolute Gasteiger partial charge is 0.241 e. The standard InChI is InChI=1S/C25H27ClN2O2S/c26-22-11-13-24(21-9-2-1-8-20(21)22)31(29,30)27-15-3-4-16-28-17-14-19-7-5-6-18-10-12-23(28)25(18)19/h1-2,5-9,11,13,23,27H,3-4,10,12,14-17H2. The van der Waals surface area contributed by atoms with E-state index >= 15 is 0 Å². The molecule has 0 aromatic heterocycles. The third-order valence-corrected chi connectivity index (χ3v) is 8.55. The SMILES string of the molecule is O=S(=O)(NCCCCN1CCc2cccc3c2C1CC3)c1ccc(Cl)c2ccccc12. The molecule has 5 rings (SSSR count). The fourth-order valence-corrected chi connectivity index (χ4v) is 6.72. The maximum absolute atomic E-state index is 12.9. The van der Waals surface area contributed by atoms with Crippen LogP contribution in [-0.2, 0) is 22.9 Å². The summed E-state index contributed by atoms with van der Waals surface area (Å²) in [4.78, 5) is 2.89. The molecular weight excluding hydrogens is 428 g/mol. The summed E-state index contributed by atoms with van der Waals surface area (Å²) in [5.74, 6) is 0. The van der Waals surface area contributed by atoms with Gasteiger partial charge in [0.1, 0.15) is 0 Å². The highest BCUT2D eigenvalue weighted by molar-refractivity contribution is 7.89. The van der Waals surface area contributed by atoms with Crippen molar-refractivity contribution >= 4 is 32.4 Å². The van der Waals surface area contributed by atoms with Crippen molar-refractivity contribution in [1.29, 1.82) is 0 Å². The molecule has 6 heteroatoms. The Kier molecular flexibility index (Phi) is 5.78. The summed E-state index contributed by atoms with van der Waals surface area (Å²) in [7, 11) is -3.58. The van der Waals surface area contributed by atoms with Crippen molar-refractivity contribution in [2.75, 3.05) is 19.6 Å². The molecule has 1 N–H and O–H groups in total. The molecule has 1 unspecified atom stereocenters. The van der Waals surface area contributed by atoms with E-state index in [4.69, 9.17) is 11.6 Å². The number of sulfonamides is 1. The Hall–Kier alpha value is -1.92. The van der Waals surface area contributed by atoms with Crippen LogP contribution in [0.4, 0.5) is 0 Å². The lowest BCUT2D eigenvalue weighted by Gasteiger charge is -2.35. The van der Waals surface area contributed by atoms with Gasteiger partial charge in [-0.2, -0.15) is 0 Å². The number of nitrogens with one attached hydrogen (secondary N) is 1. The van der Waals surface area contributed by atoms with Gasteiger partial charge in [0.15, 0.2) is 0 Å². The van der Waals surface area contributed by atoms with Gasteiger partial charge in [0.05, 0.1) is 4.90 Å². The van der Waals surface area contributed by atoms with Crippen molar-refractivity contribution in [2.45, 2.75) is 43.0 Å². The van der Waals surface area contributed by atoms with Crippen LogP contribution in [0.1, 0.15) is 42.0 Å². The van der Waals surface area contributed by atoms with Crippen LogP contribution in [0, 0.1) is 0 Å². The van der Waals surface area contributed by atoms with Crippen molar-refractivity contribution < 1.29 is 8.42 Å². The van der Waals surface area contributed by atoms with Crippen molar-refractivity contribution in [3.05, 3.63) is 76.3 Å². The Morgan fingerprint density at radius 2 is 1.71 bits per heavy atom. The zero-order chi connectivity index (χ0) is 21.4. The minimum Gasteiger partial charge on any atom is -0.296 e.